The van der Waals surface area contributed by atoms with Gasteiger partial charge in [0.2, 0.25) is 5.91 Å². The number of carbonyl (C=O) groups excluding carboxylic acids is 2. The standard InChI is InChI=1S/C18H21N5O3/c24-16(4-3-12-1-2-12)20-10-14-9-17(25)23-15(22-14)11-21-18(26)13-5-7-19-8-6-13/h5-9,12H,1-4,10-11H2,(H,20,24)(H,21,26)(H,22,23,25). The third kappa shape index (κ3) is 5.51. The van der Waals surface area contributed by atoms with Gasteiger partial charge >= 0.3 is 0 Å². The molecule has 0 atom stereocenters. The fourth-order valence-corrected chi connectivity index (χ4v) is 2.53. The van der Waals surface area contributed by atoms with E-state index in [0.29, 0.717) is 29.4 Å². The van der Waals surface area contributed by atoms with Gasteiger partial charge in [-0.2, -0.15) is 0 Å². The molecule has 2 aromatic heterocycles. The Balaban J connectivity index is 1.52. The fraction of sp³-hybridized carbons (Fsp3) is 0.389. The first kappa shape index (κ1) is 17.8. The van der Waals surface area contributed by atoms with Crippen LogP contribution in [0.3, 0.4) is 0 Å². The van der Waals surface area contributed by atoms with Crippen molar-refractivity contribution >= 4 is 11.8 Å². The van der Waals surface area contributed by atoms with Crippen LogP contribution in [0.25, 0.3) is 0 Å². The smallest absolute Gasteiger partial charge is 0.251 e. The largest absolute Gasteiger partial charge is 0.350 e. The van der Waals surface area contributed by atoms with Crippen molar-refractivity contribution in [2.45, 2.75) is 38.8 Å². The van der Waals surface area contributed by atoms with Gasteiger partial charge < -0.3 is 15.6 Å². The number of amides is 2. The van der Waals surface area contributed by atoms with E-state index in [2.05, 4.69) is 25.6 Å². The molecule has 3 N–H and O–H groups in total. The van der Waals surface area contributed by atoms with Crippen LogP contribution in [0.5, 0.6) is 0 Å². The van der Waals surface area contributed by atoms with Gasteiger partial charge in [0, 0.05) is 30.4 Å². The number of hydrogen-bond acceptors (Lipinski definition) is 5. The van der Waals surface area contributed by atoms with Crippen molar-refractivity contribution in [2.75, 3.05) is 0 Å². The maximum absolute atomic E-state index is 12.0. The molecule has 26 heavy (non-hydrogen) atoms. The van der Waals surface area contributed by atoms with Crippen LogP contribution in [-0.4, -0.2) is 26.8 Å². The Morgan fingerprint density at radius 3 is 2.65 bits per heavy atom. The van der Waals surface area contributed by atoms with Crippen LogP contribution in [0, 0.1) is 5.92 Å². The molecule has 1 aliphatic carbocycles. The monoisotopic (exact) mass is 355 g/mol. The molecule has 3 rings (SSSR count). The number of carbonyl (C=O) groups is 2. The summed E-state index contributed by atoms with van der Waals surface area (Å²) in [6, 6.07) is 4.54. The van der Waals surface area contributed by atoms with Gasteiger partial charge in [0.25, 0.3) is 11.5 Å². The van der Waals surface area contributed by atoms with Crippen LogP contribution >= 0.6 is 0 Å². The van der Waals surface area contributed by atoms with Crippen molar-refractivity contribution in [1.29, 1.82) is 0 Å². The summed E-state index contributed by atoms with van der Waals surface area (Å²) < 4.78 is 0. The maximum atomic E-state index is 12.0. The predicted molar refractivity (Wildman–Crippen MR) is 94.1 cm³/mol. The lowest BCUT2D eigenvalue weighted by atomic mass is 10.2. The third-order valence-electron chi connectivity index (χ3n) is 4.15. The second-order valence-corrected chi connectivity index (χ2v) is 6.36. The van der Waals surface area contributed by atoms with E-state index in [0.717, 1.165) is 6.42 Å². The zero-order valence-electron chi connectivity index (χ0n) is 14.3. The van der Waals surface area contributed by atoms with Gasteiger partial charge in [0.1, 0.15) is 5.82 Å². The Labute approximate surface area is 150 Å². The Hall–Kier alpha value is -3.03. The third-order valence-corrected chi connectivity index (χ3v) is 4.15. The highest BCUT2D eigenvalue weighted by atomic mass is 16.2. The van der Waals surface area contributed by atoms with Gasteiger partial charge in [-0.3, -0.25) is 19.4 Å². The molecule has 1 fully saturated rings. The summed E-state index contributed by atoms with van der Waals surface area (Å²) in [5.74, 6) is 0.719. The normalized spacial score (nSPS) is 13.2. The average Bonchev–Trinajstić information content (AvgIpc) is 3.47. The molecule has 8 heteroatoms. The quantitative estimate of drug-likeness (QED) is 0.650. The summed E-state index contributed by atoms with van der Waals surface area (Å²) in [6.07, 6.45) is 6.92. The van der Waals surface area contributed by atoms with Gasteiger partial charge in [-0.25, -0.2) is 4.98 Å². The van der Waals surface area contributed by atoms with Gasteiger partial charge in [-0.15, -0.1) is 0 Å². The molecule has 2 heterocycles. The van der Waals surface area contributed by atoms with Crippen LogP contribution in [0.4, 0.5) is 0 Å². The zero-order chi connectivity index (χ0) is 18.4. The van der Waals surface area contributed by atoms with Gasteiger partial charge in [0.15, 0.2) is 0 Å². The number of aromatic nitrogens is 3. The average molecular weight is 355 g/mol. The zero-order valence-corrected chi connectivity index (χ0v) is 14.3. The first-order valence-electron chi connectivity index (χ1n) is 8.64. The van der Waals surface area contributed by atoms with E-state index in [-0.39, 0.29) is 30.5 Å². The molecule has 0 radical (unpaired) electrons. The van der Waals surface area contributed by atoms with Crippen molar-refractivity contribution in [3.63, 3.8) is 0 Å². The van der Waals surface area contributed by atoms with E-state index < -0.39 is 0 Å². The van der Waals surface area contributed by atoms with Gasteiger partial charge in [0.05, 0.1) is 18.8 Å². The predicted octanol–water partition coefficient (Wildman–Crippen LogP) is 0.901. The molecule has 1 aliphatic rings. The number of nitrogens with zero attached hydrogens (tertiary/aromatic N) is 2. The molecular formula is C18H21N5O3. The van der Waals surface area contributed by atoms with E-state index >= 15 is 0 Å². The van der Waals surface area contributed by atoms with Gasteiger partial charge in [-0.1, -0.05) is 12.8 Å². The molecule has 8 nitrogen and oxygen atoms in total. The molecule has 0 aliphatic heterocycles. The van der Waals surface area contributed by atoms with Crippen molar-refractivity contribution in [1.82, 2.24) is 25.6 Å². The Morgan fingerprint density at radius 1 is 1.15 bits per heavy atom. The number of aromatic amines is 1. The summed E-state index contributed by atoms with van der Waals surface area (Å²) in [5.41, 5.74) is 0.610. The summed E-state index contributed by atoms with van der Waals surface area (Å²) in [5, 5.41) is 5.47. The Bertz CT molecular complexity index is 830. The van der Waals surface area contributed by atoms with Crippen molar-refractivity contribution in [3.8, 4) is 0 Å². The van der Waals surface area contributed by atoms with Crippen molar-refractivity contribution < 1.29 is 9.59 Å². The van der Waals surface area contributed by atoms with E-state index in [1.165, 1.54) is 31.3 Å². The summed E-state index contributed by atoms with van der Waals surface area (Å²) >= 11 is 0. The van der Waals surface area contributed by atoms with Crippen LogP contribution in [0.15, 0.2) is 35.4 Å². The first-order valence-corrected chi connectivity index (χ1v) is 8.64. The van der Waals surface area contributed by atoms with Crippen LogP contribution in [-0.2, 0) is 17.9 Å². The van der Waals surface area contributed by atoms with E-state index in [9.17, 15) is 14.4 Å². The summed E-state index contributed by atoms with van der Waals surface area (Å²) in [7, 11) is 0. The van der Waals surface area contributed by atoms with Crippen LogP contribution < -0.4 is 16.2 Å². The molecule has 1 saturated carbocycles. The first-order chi connectivity index (χ1) is 12.6. The lowest BCUT2D eigenvalue weighted by molar-refractivity contribution is -0.121. The molecule has 0 saturated heterocycles. The van der Waals surface area contributed by atoms with E-state index in [1.807, 2.05) is 0 Å². The topological polar surface area (TPSA) is 117 Å². The highest BCUT2D eigenvalue weighted by Crippen LogP contribution is 2.33. The SMILES string of the molecule is O=C(CCC1CC1)NCc1cc(=O)[nH]c(CNC(=O)c2ccncc2)n1. The molecule has 0 aromatic carbocycles. The molecule has 0 spiro atoms. The minimum absolute atomic E-state index is 0.0356. The van der Waals surface area contributed by atoms with Crippen molar-refractivity contribution in [2.24, 2.45) is 5.92 Å². The lowest BCUT2D eigenvalue weighted by Crippen LogP contribution is -2.28. The Morgan fingerprint density at radius 2 is 1.92 bits per heavy atom. The summed E-state index contributed by atoms with van der Waals surface area (Å²) in [4.78, 5) is 46.3. The highest BCUT2D eigenvalue weighted by Gasteiger charge is 2.21. The highest BCUT2D eigenvalue weighted by molar-refractivity contribution is 5.93. The number of pyridine rings is 1. The minimum atomic E-state index is -0.324. The van der Waals surface area contributed by atoms with Gasteiger partial charge in [-0.05, 0) is 24.5 Å². The minimum Gasteiger partial charge on any atom is -0.350 e. The number of rotatable bonds is 8. The lowest BCUT2D eigenvalue weighted by Gasteiger charge is -2.08. The van der Waals surface area contributed by atoms with Crippen LogP contribution in [0.2, 0.25) is 0 Å². The molecule has 2 amide bonds. The summed E-state index contributed by atoms with van der Waals surface area (Å²) in [6.45, 7) is 0.276. The van der Waals surface area contributed by atoms with Crippen LogP contribution in [0.1, 0.15) is 47.6 Å². The van der Waals surface area contributed by atoms with Crippen molar-refractivity contribution in [3.05, 3.63) is 58.0 Å². The maximum Gasteiger partial charge on any atom is 0.251 e. The molecule has 0 unspecified atom stereocenters. The number of nitrogens with one attached hydrogen (secondary N) is 3. The fourth-order valence-electron chi connectivity index (χ4n) is 2.53. The number of H-pyrrole nitrogens is 1. The number of hydrogen-bond donors (Lipinski definition) is 3. The Kier molecular flexibility index (Phi) is 5.73. The molecule has 136 valence electrons. The molecule has 0 bridgehead atoms. The second-order valence-electron chi connectivity index (χ2n) is 6.36. The molecule has 2 aromatic rings. The van der Waals surface area contributed by atoms with E-state index in [4.69, 9.17) is 0 Å². The van der Waals surface area contributed by atoms with E-state index in [1.54, 1.807) is 12.1 Å². The molecular weight excluding hydrogens is 334 g/mol. The second kappa shape index (κ2) is 8.37.